The third kappa shape index (κ3) is 18.4. The number of pyridine rings is 2. The minimum absolute atomic E-state index is 0.0159. The number of nitrogens with one attached hydrogen (secondary N) is 3. The number of carbonyl (C=O) groups is 3. The predicted molar refractivity (Wildman–Crippen MR) is 362 cm³/mol. The monoisotopic (exact) mass is 1380 g/mol. The van der Waals surface area contributed by atoms with E-state index in [2.05, 4.69) is 57.4 Å². The molecule has 11 rings (SSSR count). The van der Waals surface area contributed by atoms with E-state index in [0.717, 1.165) is 81.9 Å². The average Bonchev–Trinajstić information content (AvgIpc) is 1.63. The summed E-state index contributed by atoms with van der Waals surface area (Å²) < 4.78 is 43.6. The van der Waals surface area contributed by atoms with Crippen LogP contribution in [0.25, 0.3) is 33.5 Å². The molecule has 2 saturated heterocycles. The Kier molecular flexibility index (Phi) is 22.4. The Hall–Kier alpha value is -8.90. The molecule has 486 valence electrons. The first-order valence-electron chi connectivity index (χ1n) is 30.4. The maximum Gasteiger partial charge on any atom is 0.410 e. The highest BCUT2D eigenvalue weighted by atomic mass is 79.9. The molecule has 24 heteroatoms. The Morgan fingerprint density at radius 3 is 1.32 bits per heavy atom. The van der Waals surface area contributed by atoms with E-state index in [0.29, 0.717) is 85.2 Å². The fourth-order valence-corrected chi connectivity index (χ4v) is 10.2. The lowest BCUT2D eigenvalue weighted by atomic mass is 10.1. The molecule has 2 aliphatic heterocycles. The molecular weight excluding hydrogens is 1300 g/mol. The first kappa shape index (κ1) is 67.5. The van der Waals surface area contributed by atoms with Gasteiger partial charge in [-0.1, -0.05) is 56.1 Å². The minimum Gasteiger partial charge on any atom is -0.497 e. The number of anilines is 2. The number of H-pyrrole nitrogens is 1. The van der Waals surface area contributed by atoms with Gasteiger partial charge in [0.2, 0.25) is 0 Å². The number of aryl methyl sites for hydroxylation is 1. The van der Waals surface area contributed by atoms with Gasteiger partial charge in [0.05, 0.1) is 34.4 Å². The fourth-order valence-electron chi connectivity index (χ4n) is 10.2. The predicted octanol–water partition coefficient (Wildman–Crippen LogP) is 14.6. The molecule has 4 aromatic carbocycles. The highest BCUT2D eigenvalue weighted by Gasteiger charge is 2.31. The van der Waals surface area contributed by atoms with Crippen molar-refractivity contribution in [3.05, 3.63) is 145 Å². The summed E-state index contributed by atoms with van der Waals surface area (Å²) in [5.41, 5.74) is 4.35. The summed E-state index contributed by atoms with van der Waals surface area (Å²) in [5.74, 6) is 7.15. The lowest BCUT2D eigenvalue weighted by Crippen LogP contribution is -2.47. The molecule has 22 nitrogen and oxygen atoms in total. The normalized spacial score (nSPS) is 14.9. The van der Waals surface area contributed by atoms with Gasteiger partial charge in [-0.2, -0.15) is 10.2 Å². The van der Waals surface area contributed by atoms with Gasteiger partial charge in [-0.15, -0.1) is 0 Å². The van der Waals surface area contributed by atoms with Crippen LogP contribution in [0.5, 0.6) is 40.2 Å². The van der Waals surface area contributed by atoms with Gasteiger partial charge in [-0.25, -0.2) is 33.9 Å². The van der Waals surface area contributed by atoms with Crippen LogP contribution < -0.4 is 34.3 Å². The van der Waals surface area contributed by atoms with E-state index in [4.69, 9.17) is 48.3 Å². The van der Waals surface area contributed by atoms with Crippen LogP contribution in [0, 0.1) is 6.92 Å². The number of ether oxygens (including phenoxy) is 7. The highest BCUT2D eigenvalue weighted by molar-refractivity contribution is 9.25. The number of likely N-dealkylation sites (tertiary alicyclic amines) is 2. The molecule has 92 heavy (non-hydrogen) atoms. The maximum absolute atomic E-state index is 12.9. The van der Waals surface area contributed by atoms with Crippen LogP contribution in [0.4, 0.5) is 21.2 Å². The molecule has 3 N–H and O–H groups in total. The van der Waals surface area contributed by atoms with Gasteiger partial charge >= 0.3 is 12.2 Å². The third-order valence-corrected chi connectivity index (χ3v) is 15.9. The second kappa shape index (κ2) is 30.5. The van der Waals surface area contributed by atoms with Crippen LogP contribution in [0.2, 0.25) is 0 Å². The zero-order valence-corrected chi connectivity index (χ0v) is 57.0. The van der Waals surface area contributed by atoms with E-state index in [9.17, 15) is 14.4 Å². The molecule has 0 unspecified atom stereocenters. The molecule has 0 aliphatic carbocycles. The molecule has 0 saturated carbocycles. The van der Waals surface area contributed by atoms with Crippen molar-refractivity contribution in [3.8, 4) is 51.6 Å². The Morgan fingerprint density at radius 1 is 0.576 bits per heavy atom. The van der Waals surface area contributed by atoms with Gasteiger partial charge in [0.15, 0.2) is 28.7 Å². The summed E-state index contributed by atoms with van der Waals surface area (Å²) in [7, 11) is 4.93. The average molecular weight is 1390 g/mol. The quantitative estimate of drug-likeness (QED) is 0.0719. The number of hydrogen-bond acceptors (Lipinski definition) is 17. The summed E-state index contributed by atoms with van der Waals surface area (Å²) in [6.07, 6.45) is 8.15. The summed E-state index contributed by atoms with van der Waals surface area (Å²) in [6.45, 7) is 18.1. The number of halogens is 2. The number of fused-ring (bicyclic) bond motifs is 2. The number of aromatic amines is 1. The first-order valence-corrected chi connectivity index (χ1v) is 32.2. The molecule has 0 radical (unpaired) electrons. The zero-order valence-electron chi connectivity index (χ0n) is 53.8. The largest absolute Gasteiger partial charge is 0.497 e. The van der Waals surface area contributed by atoms with E-state index in [1.807, 2.05) is 173 Å². The van der Waals surface area contributed by atoms with Crippen molar-refractivity contribution in [2.75, 3.05) is 58.1 Å². The van der Waals surface area contributed by atoms with Gasteiger partial charge in [0, 0.05) is 80.2 Å². The van der Waals surface area contributed by atoms with Crippen molar-refractivity contribution in [1.82, 2.24) is 49.3 Å². The number of piperidine rings is 2. The molecule has 7 heterocycles. The lowest BCUT2D eigenvalue weighted by molar-refractivity contribution is -0.115. The molecule has 0 spiro atoms. The van der Waals surface area contributed by atoms with E-state index in [1.165, 1.54) is 6.92 Å². The molecule has 0 bridgehead atoms. The van der Waals surface area contributed by atoms with Gasteiger partial charge in [-0.3, -0.25) is 4.79 Å². The van der Waals surface area contributed by atoms with Crippen LogP contribution in [-0.4, -0.2) is 142 Å². The number of Topliss-reactive ketones (excluding diaryl/α,β-unsaturated/α-hetero) is 1. The number of rotatable bonds is 17. The Bertz CT molecular complexity index is 3920. The topological polar surface area (TPSA) is 236 Å². The zero-order chi connectivity index (χ0) is 65.7. The molecule has 9 aromatic rings. The number of amides is 2. The standard InChI is InChI=1S/C34H39N7O4.C31H37N5O5.C3H4Br2O/c1-22-19-36-30(37-22)24-10-14-27(15-11-24)44-28-16-17-35-32-29(28)31(39-41(32)20-23-8-12-26(43-5)13-9-23)38-25-7-6-18-40(21-25)33(42)45-34(2,3)4;1-31(2,3)41-30(37)35-18-6-7-22(20-35)33-28-27-26(40-25-14-12-24(39-5)13-15-25)16-17-32-29(27)36(34-28)19-21-8-10-23(38-4)11-9-21;1-2(6)3(4)5/h8-17,19,25H,6-7,18,20-21H2,1-5H3,(H,36,37)(H,38,39);8-17,22H,6-7,18-20H2,1-5H3,(H,33,34);3H,1H3/t25-;22-;/m11./s1. The number of carbonyl (C=O) groups excluding carboxylic acids is 3. The summed E-state index contributed by atoms with van der Waals surface area (Å²) in [4.78, 5) is 56.3. The number of imidazole rings is 1. The van der Waals surface area contributed by atoms with E-state index in [-0.39, 0.29) is 33.8 Å². The number of methoxy groups -OCH3 is 3. The lowest BCUT2D eigenvalue weighted by Gasteiger charge is -2.34. The molecule has 5 aromatic heterocycles. The van der Waals surface area contributed by atoms with Crippen molar-refractivity contribution in [1.29, 1.82) is 0 Å². The van der Waals surface area contributed by atoms with Crippen molar-refractivity contribution in [2.24, 2.45) is 0 Å². The van der Waals surface area contributed by atoms with Crippen molar-refractivity contribution >= 4 is 83.5 Å². The van der Waals surface area contributed by atoms with Crippen molar-refractivity contribution in [2.45, 2.75) is 121 Å². The van der Waals surface area contributed by atoms with Gasteiger partial charge in [-0.05, 0) is 165 Å². The number of benzene rings is 4. The van der Waals surface area contributed by atoms with Crippen LogP contribution in [0.1, 0.15) is 91.0 Å². The van der Waals surface area contributed by atoms with Crippen LogP contribution >= 0.6 is 31.9 Å². The number of hydrogen-bond donors (Lipinski definition) is 3. The second-order valence-electron chi connectivity index (χ2n) is 24.3. The third-order valence-electron chi connectivity index (χ3n) is 14.7. The summed E-state index contributed by atoms with van der Waals surface area (Å²) >= 11 is 6.01. The number of aromatic nitrogens is 8. The Morgan fingerprint density at radius 2 is 0.957 bits per heavy atom. The summed E-state index contributed by atoms with van der Waals surface area (Å²) in [6, 6.07) is 34.7. The van der Waals surface area contributed by atoms with Crippen LogP contribution in [0.15, 0.2) is 128 Å². The number of ketones is 1. The number of nitrogens with zero attached hydrogens (tertiary/aromatic N) is 9. The maximum atomic E-state index is 12.9. The second-order valence-corrected chi connectivity index (χ2v) is 27.3. The first-order chi connectivity index (χ1) is 44.0. The van der Waals surface area contributed by atoms with Crippen LogP contribution in [0.3, 0.4) is 0 Å². The molecule has 2 amide bonds. The number of alkyl halides is 2. The molecule has 2 aliphatic rings. The SMILES string of the molecule is CC(=O)C(Br)Br.COc1ccc(Cn2nc(N[C@@H]3CCCN(C(=O)OC(C)(C)C)C3)c3c(Oc4ccc(-c5ncc(C)[nH]5)cc4)ccnc32)cc1.COc1ccc(Cn2nc(N[C@@H]3CCCN(C(=O)OC(C)(C)C)C3)c3c(Oc4ccc(OC)cc4)ccnc32)cc1. The van der Waals surface area contributed by atoms with Gasteiger partial charge < -0.3 is 58.6 Å². The van der Waals surface area contributed by atoms with Gasteiger partial charge in [0.1, 0.15) is 71.8 Å². The Balaban J connectivity index is 0.000000200. The van der Waals surface area contributed by atoms with Crippen molar-refractivity contribution < 1.29 is 47.5 Å². The molecule has 2 atom stereocenters. The van der Waals surface area contributed by atoms with E-state index >= 15 is 0 Å². The van der Waals surface area contributed by atoms with Gasteiger partial charge in [0.25, 0.3) is 0 Å². The van der Waals surface area contributed by atoms with E-state index < -0.39 is 11.2 Å². The minimum atomic E-state index is -0.555. The van der Waals surface area contributed by atoms with Crippen LogP contribution in [-0.2, 0) is 27.4 Å². The molecule has 2 fully saturated rings. The highest BCUT2D eigenvalue weighted by Crippen LogP contribution is 2.38. The smallest absolute Gasteiger partial charge is 0.410 e. The molecular formula is C68H80Br2N12O10. The Labute approximate surface area is 552 Å². The summed E-state index contributed by atoms with van der Waals surface area (Å²) in [5, 5.41) is 18.7. The van der Waals surface area contributed by atoms with Crippen molar-refractivity contribution in [3.63, 3.8) is 0 Å². The van der Waals surface area contributed by atoms with E-state index in [1.54, 1.807) is 43.5 Å². The fraction of sp³-hybridized carbons (Fsp3) is 0.382.